The number of nitrogens with one attached hydrogen (secondary N) is 1. The van der Waals surface area contributed by atoms with Crippen LogP contribution in [0.2, 0.25) is 0 Å². The molecule has 1 N–H and O–H groups in total. The maximum atomic E-state index is 12.5. The fourth-order valence-electron chi connectivity index (χ4n) is 3.52. The van der Waals surface area contributed by atoms with Crippen LogP contribution in [0.4, 0.5) is 5.69 Å². The molecule has 1 fully saturated rings. The van der Waals surface area contributed by atoms with E-state index in [0.717, 1.165) is 18.4 Å². The topological polar surface area (TPSA) is 75.7 Å². The van der Waals surface area contributed by atoms with Crippen molar-refractivity contribution in [3.63, 3.8) is 0 Å². The minimum absolute atomic E-state index is 0.117. The van der Waals surface area contributed by atoms with Gasteiger partial charge in [-0.2, -0.15) is 4.31 Å². The van der Waals surface area contributed by atoms with Crippen molar-refractivity contribution in [2.75, 3.05) is 25.0 Å². The summed E-state index contributed by atoms with van der Waals surface area (Å²) in [6.45, 7) is 7.32. The lowest BCUT2D eigenvalue weighted by atomic mass is 9.98. The van der Waals surface area contributed by atoms with Gasteiger partial charge in [-0.05, 0) is 73.2 Å². The molecule has 0 spiro atoms. The molecular formula is C22H28N2O4S. The molecule has 1 saturated heterocycles. The molecule has 1 amide bonds. The summed E-state index contributed by atoms with van der Waals surface area (Å²) in [5.74, 6) is 0.782. The molecule has 1 aliphatic heterocycles. The van der Waals surface area contributed by atoms with Gasteiger partial charge in [0, 0.05) is 18.8 Å². The normalized spacial score (nSPS) is 14.9. The molecule has 0 aromatic heterocycles. The summed E-state index contributed by atoms with van der Waals surface area (Å²) in [5, 5.41) is 2.73. The van der Waals surface area contributed by atoms with Crippen LogP contribution in [0.15, 0.2) is 47.4 Å². The van der Waals surface area contributed by atoms with E-state index in [9.17, 15) is 13.2 Å². The van der Waals surface area contributed by atoms with Gasteiger partial charge in [-0.25, -0.2) is 8.42 Å². The quantitative estimate of drug-likeness (QED) is 0.742. The molecule has 0 bridgehead atoms. The first-order chi connectivity index (χ1) is 13.8. The SMILES string of the molecule is Cc1cc(OCC(=O)Nc2ccc(S(=O)(=O)N3CCCC3)cc2)ccc1C(C)C. The molecular weight excluding hydrogens is 388 g/mol. The summed E-state index contributed by atoms with van der Waals surface area (Å²) in [4.78, 5) is 12.4. The average Bonchev–Trinajstić information content (AvgIpc) is 3.22. The number of amides is 1. The van der Waals surface area contributed by atoms with E-state index in [-0.39, 0.29) is 17.4 Å². The second-order valence-corrected chi connectivity index (χ2v) is 9.58. The number of rotatable bonds is 7. The minimum atomic E-state index is -3.45. The van der Waals surface area contributed by atoms with E-state index >= 15 is 0 Å². The van der Waals surface area contributed by atoms with Crippen molar-refractivity contribution in [1.82, 2.24) is 4.31 Å². The summed E-state index contributed by atoms with van der Waals surface area (Å²) in [7, 11) is -3.45. The highest BCUT2D eigenvalue weighted by molar-refractivity contribution is 7.89. The number of hydrogen-bond donors (Lipinski definition) is 1. The number of anilines is 1. The fourth-order valence-corrected chi connectivity index (χ4v) is 5.04. The van der Waals surface area contributed by atoms with Crippen LogP contribution in [0.1, 0.15) is 43.7 Å². The van der Waals surface area contributed by atoms with Crippen LogP contribution in [-0.4, -0.2) is 38.3 Å². The van der Waals surface area contributed by atoms with E-state index in [4.69, 9.17) is 4.74 Å². The third-order valence-corrected chi connectivity index (χ3v) is 6.99. The first kappa shape index (κ1) is 21.3. The van der Waals surface area contributed by atoms with Gasteiger partial charge >= 0.3 is 0 Å². The van der Waals surface area contributed by atoms with Gasteiger partial charge in [0.2, 0.25) is 10.0 Å². The van der Waals surface area contributed by atoms with Crippen molar-refractivity contribution < 1.29 is 17.9 Å². The number of sulfonamides is 1. The Morgan fingerprint density at radius 1 is 1.10 bits per heavy atom. The monoisotopic (exact) mass is 416 g/mol. The third kappa shape index (κ3) is 5.16. The van der Waals surface area contributed by atoms with Crippen LogP contribution in [0.3, 0.4) is 0 Å². The highest BCUT2D eigenvalue weighted by Crippen LogP contribution is 2.24. The Kier molecular flexibility index (Phi) is 6.59. The molecule has 7 heteroatoms. The van der Waals surface area contributed by atoms with Crippen molar-refractivity contribution in [2.45, 2.75) is 44.4 Å². The maximum absolute atomic E-state index is 12.5. The number of nitrogens with zero attached hydrogens (tertiary/aromatic N) is 1. The van der Waals surface area contributed by atoms with Crippen LogP contribution in [0.5, 0.6) is 5.75 Å². The first-order valence-corrected chi connectivity index (χ1v) is 11.3. The molecule has 0 saturated carbocycles. The summed E-state index contributed by atoms with van der Waals surface area (Å²) >= 11 is 0. The van der Waals surface area contributed by atoms with Crippen LogP contribution >= 0.6 is 0 Å². The second-order valence-electron chi connectivity index (χ2n) is 7.65. The predicted molar refractivity (Wildman–Crippen MR) is 114 cm³/mol. The Bertz CT molecular complexity index is 963. The van der Waals surface area contributed by atoms with Gasteiger partial charge in [0.25, 0.3) is 5.91 Å². The molecule has 3 rings (SSSR count). The van der Waals surface area contributed by atoms with Crippen molar-refractivity contribution >= 4 is 21.6 Å². The van der Waals surface area contributed by atoms with Crippen molar-refractivity contribution in [2.24, 2.45) is 0 Å². The number of carbonyl (C=O) groups is 1. The van der Waals surface area contributed by atoms with Crippen LogP contribution in [0, 0.1) is 6.92 Å². The molecule has 1 heterocycles. The molecule has 6 nitrogen and oxygen atoms in total. The third-order valence-electron chi connectivity index (χ3n) is 5.07. The van der Waals surface area contributed by atoms with Crippen molar-refractivity contribution in [1.29, 1.82) is 0 Å². The lowest BCUT2D eigenvalue weighted by Crippen LogP contribution is -2.27. The van der Waals surface area contributed by atoms with Crippen LogP contribution < -0.4 is 10.1 Å². The van der Waals surface area contributed by atoms with Gasteiger partial charge < -0.3 is 10.1 Å². The van der Waals surface area contributed by atoms with E-state index in [1.165, 1.54) is 22.0 Å². The van der Waals surface area contributed by atoms with Gasteiger partial charge in [0.1, 0.15) is 5.75 Å². The summed E-state index contributed by atoms with van der Waals surface area (Å²) < 4.78 is 32.2. The molecule has 1 aliphatic rings. The van der Waals surface area contributed by atoms with Gasteiger partial charge in [-0.1, -0.05) is 19.9 Å². The lowest BCUT2D eigenvalue weighted by molar-refractivity contribution is -0.118. The molecule has 0 aliphatic carbocycles. The highest BCUT2D eigenvalue weighted by atomic mass is 32.2. The van der Waals surface area contributed by atoms with E-state index in [0.29, 0.717) is 30.4 Å². The molecule has 0 radical (unpaired) electrons. The standard InChI is InChI=1S/C22H28N2O4S/c1-16(2)21-11-8-19(14-17(21)3)28-15-22(25)23-18-6-9-20(10-7-18)29(26,27)24-12-4-5-13-24/h6-11,14,16H,4-5,12-13,15H2,1-3H3,(H,23,25). The molecule has 2 aromatic carbocycles. The van der Waals surface area contributed by atoms with Gasteiger partial charge in [-0.15, -0.1) is 0 Å². The average molecular weight is 417 g/mol. The predicted octanol–water partition coefficient (Wildman–Crippen LogP) is 3.92. The molecule has 29 heavy (non-hydrogen) atoms. The maximum Gasteiger partial charge on any atom is 0.262 e. The van der Waals surface area contributed by atoms with E-state index < -0.39 is 10.0 Å². The Labute approximate surface area is 172 Å². The zero-order valence-electron chi connectivity index (χ0n) is 17.1. The Balaban J connectivity index is 1.56. The Morgan fingerprint density at radius 2 is 1.76 bits per heavy atom. The highest BCUT2D eigenvalue weighted by Gasteiger charge is 2.26. The lowest BCUT2D eigenvalue weighted by Gasteiger charge is -2.15. The van der Waals surface area contributed by atoms with E-state index in [1.807, 2.05) is 25.1 Å². The number of aryl methyl sites for hydroxylation is 1. The molecule has 0 unspecified atom stereocenters. The first-order valence-electron chi connectivity index (χ1n) is 9.91. The zero-order chi connectivity index (χ0) is 21.0. The summed E-state index contributed by atoms with van der Waals surface area (Å²) in [6.07, 6.45) is 1.79. The summed E-state index contributed by atoms with van der Waals surface area (Å²) in [5.41, 5.74) is 2.92. The number of benzene rings is 2. The van der Waals surface area contributed by atoms with E-state index in [1.54, 1.807) is 12.1 Å². The Morgan fingerprint density at radius 3 is 2.34 bits per heavy atom. The fraction of sp³-hybridized carbons (Fsp3) is 0.409. The number of carbonyl (C=O) groups excluding carboxylic acids is 1. The van der Waals surface area contributed by atoms with Crippen LogP contribution in [-0.2, 0) is 14.8 Å². The second kappa shape index (κ2) is 8.97. The number of hydrogen-bond acceptors (Lipinski definition) is 4. The van der Waals surface area contributed by atoms with Crippen LogP contribution in [0.25, 0.3) is 0 Å². The van der Waals surface area contributed by atoms with Gasteiger partial charge in [-0.3, -0.25) is 4.79 Å². The van der Waals surface area contributed by atoms with Gasteiger partial charge in [0.05, 0.1) is 4.90 Å². The minimum Gasteiger partial charge on any atom is -0.484 e. The zero-order valence-corrected chi connectivity index (χ0v) is 18.0. The van der Waals surface area contributed by atoms with E-state index in [2.05, 4.69) is 19.2 Å². The molecule has 2 aromatic rings. The summed E-state index contributed by atoms with van der Waals surface area (Å²) in [6, 6.07) is 12.1. The molecule has 0 atom stereocenters. The smallest absolute Gasteiger partial charge is 0.262 e. The largest absolute Gasteiger partial charge is 0.484 e. The number of ether oxygens (including phenoxy) is 1. The van der Waals surface area contributed by atoms with Crippen molar-refractivity contribution in [3.8, 4) is 5.75 Å². The van der Waals surface area contributed by atoms with Crippen molar-refractivity contribution in [3.05, 3.63) is 53.6 Å². The Hall–Kier alpha value is -2.38. The molecule has 156 valence electrons. The van der Waals surface area contributed by atoms with Gasteiger partial charge in [0.15, 0.2) is 6.61 Å².